The summed E-state index contributed by atoms with van der Waals surface area (Å²) in [6.07, 6.45) is 0.930. The molecule has 0 fully saturated rings. The summed E-state index contributed by atoms with van der Waals surface area (Å²) in [5, 5.41) is 14.5. The summed E-state index contributed by atoms with van der Waals surface area (Å²) in [5.41, 5.74) is 3.79. The van der Waals surface area contributed by atoms with Crippen molar-refractivity contribution in [3.63, 3.8) is 0 Å². The lowest BCUT2D eigenvalue weighted by molar-refractivity contribution is -0.384. The van der Waals surface area contributed by atoms with Crippen molar-refractivity contribution in [3.8, 4) is 17.1 Å². The van der Waals surface area contributed by atoms with Gasteiger partial charge in [0, 0.05) is 41.9 Å². The first-order valence-electron chi connectivity index (χ1n) is 9.12. The maximum atomic E-state index is 11.0. The van der Waals surface area contributed by atoms with E-state index in [1.54, 1.807) is 12.1 Å². The Kier molecular flexibility index (Phi) is 4.65. The number of nitrogens with one attached hydrogen (secondary N) is 1. The van der Waals surface area contributed by atoms with Gasteiger partial charge >= 0.3 is 0 Å². The molecule has 0 saturated heterocycles. The molecule has 0 spiro atoms. The van der Waals surface area contributed by atoms with Crippen LogP contribution in [0.5, 0.6) is 5.75 Å². The Morgan fingerprint density at radius 1 is 1.18 bits per heavy atom. The van der Waals surface area contributed by atoms with Crippen molar-refractivity contribution >= 4 is 11.5 Å². The molecule has 0 aliphatic carbocycles. The van der Waals surface area contributed by atoms with Crippen LogP contribution in [0.4, 0.5) is 11.5 Å². The molecule has 3 aromatic rings. The fourth-order valence-corrected chi connectivity index (χ4v) is 3.31. The lowest BCUT2D eigenvalue weighted by Crippen LogP contribution is -2.09. The molecule has 1 aliphatic rings. The van der Waals surface area contributed by atoms with Crippen LogP contribution in [0.2, 0.25) is 0 Å². The Morgan fingerprint density at radius 2 is 2.04 bits per heavy atom. The van der Waals surface area contributed by atoms with Crippen molar-refractivity contribution < 1.29 is 9.66 Å². The second-order valence-corrected chi connectivity index (χ2v) is 6.86. The van der Waals surface area contributed by atoms with E-state index in [1.165, 1.54) is 17.7 Å². The van der Waals surface area contributed by atoms with Crippen LogP contribution in [-0.4, -0.2) is 21.5 Å². The topological polar surface area (TPSA) is 90.2 Å². The molecular weight excluding hydrogens is 356 g/mol. The van der Waals surface area contributed by atoms with Gasteiger partial charge in [0.25, 0.3) is 5.69 Å². The first-order valence-corrected chi connectivity index (χ1v) is 9.12. The molecule has 0 unspecified atom stereocenters. The summed E-state index contributed by atoms with van der Waals surface area (Å²) in [4.78, 5) is 19.6. The van der Waals surface area contributed by atoms with Crippen LogP contribution in [0, 0.1) is 17.0 Å². The first-order chi connectivity index (χ1) is 13.5. The number of fused-ring (bicyclic) bond motifs is 1. The summed E-state index contributed by atoms with van der Waals surface area (Å²) >= 11 is 0. The third-order valence-electron chi connectivity index (χ3n) is 4.75. The molecule has 1 N–H and O–H groups in total. The van der Waals surface area contributed by atoms with Crippen LogP contribution in [0.15, 0.2) is 48.5 Å². The molecule has 0 bridgehead atoms. The van der Waals surface area contributed by atoms with Crippen LogP contribution in [0.1, 0.15) is 29.8 Å². The number of benzene rings is 2. The van der Waals surface area contributed by atoms with E-state index in [0.717, 1.165) is 30.0 Å². The maximum absolute atomic E-state index is 11.0. The molecule has 142 valence electrons. The Bertz CT molecular complexity index is 1050. The number of hydrogen-bond donors (Lipinski definition) is 1. The van der Waals surface area contributed by atoms with Gasteiger partial charge in [-0.2, -0.15) is 0 Å². The molecule has 0 radical (unpaired) electrons. The van der Waals surface area contributed by atoms with Crippen molar-refractivity contribution in [3.05, 3.63) is 75.5 Å². The fourth-order valence-electron chi connectivity index (χ4n) is 3.31. The van der Waals surface area contributed by atoms with Crippen LogP contribution in [0.25, 0.3) is 11.4 Å². The number of aryl methyl sites for hydroxylation is 1. The highest BCUT2D eigenvalue weighted by atomic mass is 16.6. The lowest BCUT2D eigenvalue weighted by atomic mass is 10.0. The minimum absolute atomic E-state index is 0.0193. The third-order valence-corrected chi connectivity index (χ3v) is 4.75. The molecule has 28 heavy (non-hydrogen) atoms. The zero-order chi connectivity index (χ0) is 19.7. The number of non-ortho nitro benzene ring substituents is 1. The quantitative estimate of drug-likeness (QED) is 0.522. The van der Waals surface area contributed by atoms with Gasteiger partial charge in [-0.3, -0.25) is 10.1 Å². The molecule has 2 aromatic carbocycles. The number of nitrogens with zero attached hydrogens (tertiary/aromatic N) is 3. The van der Waals surface area contributed by atoms with Gasteiger partial charge in [0.15, 0.2) is 5.82 Å². The summed E-state index contributed by atoms with van der Waals surface area (Å²) in [7, 11) is 0. The highest BCUT2D eigenvalue weighted by Crippen LogP contribution is 2.29. The molecule has 1 atom stereocenters. The number of rotatable bonds is 5. The van der Waals surface area contributed by atoms with Gasteiger partial charge in [-0.05, 0) is 37.1 Å². The van der Waals surface area contributed by atoms with Crippen molar-refractivity contribution in [1.29, 1.82) is 0 Å². The second-order valence-electron chi connectivity index (χ2n) is 6.86. The van der Waals surface area contributed by atoms with E-state index < -0.39 is 4.92 Å². The van der Waals surface area contributed by atoms with Crippen LogP contribution in [-0.2, 0) is 6.42 Å². The molecule has 2 heterocycles. The zero-order valence-electron chi connectivity index (χ0n) is 15.7. The summed E-state index contributed by atoms with van der Waals surface area (Å²) in [6, 6.07) is 14.5. The minimum Gasteiger partial charge on any atom is -0.493 e. The molecular formula is C21H20N4O3. The van der Waals surface area contributed by atoms with Gasteiger partial charge in [0.1, 0.15) is 11.6 Å². The van der Waals surface area contributed by atoms with Gasteiger partial charge in [0.05, 0.1) is 11.5 Å². The first kappa shape index (κ1) is 17.9. The predicted octanol–water partition coefficient (Wildman–Crippen LogP) is 4.47. The maximum Gasteiger partial charge on any atom is 0.270 e. The van der Waals surface area contributed by atoms with E-state index in [-0.39, 0.29) is 11.7 Å². The molecule has 1 aliphatic heterocycles. The Hall–Kier alpha value is -3.48. The second kappa shape index (κ2) is 7.26. The van der Waals surface area contributed by atoms with Gasteiger partial charge in [-0.15, -0.1) is 0 Å². The summed E-state index contributed by atoms with van der Waals surface area (Å²) < 4.78 is 5.57. The molecule has 4 rings (SSSR count). The van der Waals surface area contributed by atoms with E-state index in [0.29, 0.717) is 17.2 Å². The van der Waals surface area contributed by atoms with Gasteiger partial charge in [-0.1, -0.05) is 18.2 Å². The Labute approximate surface area is 162 Å². The third kappa shape index (κ3) is 3.64. The normalized spacial score (nSPS) is 13.5. The highest BCUT2D eigenvalue weighted by Gasteiger charge is 2.16. The summed E-state index contributed by atoms with van der Waals surface area (Å²) in [6.45, 7) is 4.69. The van der Waals surface area contributed by atoms with E-state index >= 15 is 0 Å². The number of nitro groups is 1. The minimum atomic E-state index is -0.419. The van der Waals surface area contributed by atoms with Gasteiger partial charge in [0.2, 0.25) is 0 Å². The zero-order valence-corrected chi connectivity index (χ0v) is 15.7. The molecule has 0 amide bonds. The predicted molar refractivity (Wildman–Crippen MR) is 107 cm³/mol. The monoisotopic (exact) mass is 376 g/mol. The Balaban J connectivity index is 1.60. The van der Waals surface area contributed by atoms with Crippen LogP contribution in [0.3, 0.4) is 0 Å². The molecule has 0 saturated carbocycles. The fraction of sp³-hybridized carbons (Fsp3) is 0.238. The average molecular weight is 376 g/mol. The lowest BCUT2D eigenvalue weighted by Gasteiger charge is -2.17. The van der Waals surface area contributed by atoms with Crippen LogP contribution >= 0.6 is 0 Å². The number of anilines is 1. The average Bonchev–Trinajstić information content (AvgIpc) is 3.15. The number of hydrogen-bond acceptors (Lipinski definition) is 6. The molecule has 1 aromatic heterocycles. The van der Waals surface area contributed by atoms with E-state index in [1.807, 2.05) is 19.1 Å². The molecule has 7 nitrogen and oxygen atoms in total. The van der Waals surface area contributed by atoms with Gasteiger partial charge < -0.3 is 10.1 Å². The number of nitro benzene ring substituents is 1. The van der Waals surface area contributed by atoms with Gasteiger partial charge in [-0.25, -0.2) is 9.97 Å². The number of ether oxygens (including phenoxy) is 1. The van der Waals surface area contributed by atoms with E-state index in [2.05, 4.69) is 34.3 Å². The summed E-state index contributed by atoms with van der Waals surface area (Å²) in [5.74, 6) is 2.10. The van der Waals surface area contributed by atoms with Crippen molar-refractivity contribution in [2.24, 2.45) is 0 Å². The smallest absolute Gasteiger partial charge is 0.270 e. The van der Waals surface area contributed by atoms with Crippen molar-refractivity contribution in [2.75, 3.05) is 11.9 Å². The van der Waals surface area contributed by atoms with E-state index in [9.17, 15) is 10.1 Å². The molecule has 7 heteroatoms. The Morgan fingerprint density at radius 3 is 2.86 bits per heavy atom. The van der Waals surface area contributed by atoms with Crippen molar-refractivity contribution in [1.82, 2.24) is 9.97 Å². The largest absolute Gasteiger partial charge is 0.493 e. The van der Waals surface area contributed by atoms with Crippen LogP contribution < -0.4 is 10.1 Å². The van der Waals surface area contributed by atoms with E-state index in [4.69, 9.17) is 4.74 Å². The highest BCUT2D eigenvalue weighted by molar-refractivity contribution is 5.61. The SMILES string of the molecule is Cc1cc(N[C@H](C)c2ccc3c(c2)CCO3)nc(-c2cccc([N+](=O)[O-])c2)n1. The number of aromatic nitrogens is 2. The standard InChI is InChI=1S/C21H20N4O3/c1-13-10-20(23-14(2)15-6-7-19-16(11-15)8-9-28-19)24-21(22-13)17-4-3-5-18(12-17)25(26)27/h3-7,10-12,14H,8-9H2,1-2H3,(H,22,23,24)/t14-/m1/s1. The van der Waals surface area contributed by atoms with Crippen molar-refractivity contribution in [2.45, 2.75) is 26.3 Å².